The van der Waals surface area contributed by atoms with Gasteiger partial charge in [-0.3, -0.25) is 9.69 Å². The lowest BCUT2D eigenvalue weighted by Crippen LogP contribution is -2.33. The molecule has 2 N–H and O–H groups in total. The molecule has 3 rings (SSSR count). The summed E-state index contributed by atoms with van der Waals surface area (Å²) in [6.07, 6.45) is 2.83. The van der Waals surface area contributed by atoms with Crippen LogP contribution >= 0.6 is 0 Å². The molecule has 1 fully saturated rings. The van der Waals surface area contributed by atoms with E-state index in [4.69, 9.17) is 0 Å². The molecular formula is C22H28N2O2. The van der Waals surface area contributed by atoms with Crippen LogP contribution in [-0.4, -0.2) is 29.0 Å². The molecule has 1 aliphatic heterocycles. The molecule has 4 nitrogen and oxygen atoms in total. The van der Waals surface area contributed by atoms with Crippen molar-refractivity contribution in [2.45, 2.75) is 39.3 Å². The zero-order valence-electron chi connectivity index (χ0n) is 15.4. The highest BCUT2D eigenvalue weighted by Gasteiger charge is 2.16. The van der Waals surface area contributed by atoms with E-state index >= 15 is 0 Å². The van der Waals surface area contributed by atoms with Gasteiger partial charge in [-0.15, -0.1) is 0 Å². The molecule has 1 saturated heterocycles. The van der Waals surface area contributed by atoms with Gasteiger partial charge in [0, 0.05) is 25.2 Å². The number of nitrogens with one attached hydrogen (secondary N) is 1. The molecule has 4 heteroatoms. The van der Waals surface area contributed by atoms with Gasteiger partial charge in [-0.2, -0.15) is 0 Å². The third-order valence-corrected chi connectivity index (χ3v) is 5.00. The Kier molecular flexibility index (Phi) is 6.29. The molecule has 138 valence electrons. The molecule has 0 saturated carbocycles. The van der Waals surface area contributed by atoms with Crippen LogP contribution in [0.5, 0.6) is 5.75 Å². The van der Waals surface area contributed by atoms with Gasteiger partial charge in [0.05, 0.1) is 6.42 Å². The molecule has 2 aromatic rings. The molecule has 1 unspecified atom stereocenters. The highest BCUT2D eigenvalue weighted by atomic mass is 16.3. The molecule has 2 aromatic carbocycles. The highest BCUT2D eigenvalue weighted by molar-refractivity contribution is 5.79. The van der Waals surface area contributed by atoms with Crippen LogP contribution in [0, 0.1) is 5.92 Å². The SMILES string of the molecule is CC1CCCN(Cc2ccc(CNC(=O)Cc3ccccc3O)cc2)C1. The Morgan fingerprint density at radius 3 is 2.62 bits per heavy atom. The summed E-state index contributed by atoms with van der Waals surface area (Å²) in [7, 11) is 0. The first kappa shape index (κ1) is 18.5. The number of amides is 1. The summed E-state index contributed by atoms with van der Waals surface area (Å²) < 4.78 is 0. The summed E-state index contributed by atoms with van der Waals surface area (Å²) in [5.41, 5.74) is 3.06. The quantitative estimate of drug-likeness (QED) is 0.837. The average molecular weight is 352 g/mol. The maximum Gasteiger partial charge on any atom is 0.224 e. The van der Waals surface area contributed by atoms with Crippen molar-refractivity contribution in [1.29, 1.82) is 0 Å². The molecule has 1 aliphatic rings. The van der Waals surface area contributed by atoms with E-state index in [0.29, 0.717) is 12.1 Å². The Balaban J connectivity index is 1.46. The fourth-order valence-electron chi connectivity index (χ4n) is 3.55. The zero-order chi connectivity index (χ0) is 18.4. The Hall–Kier alpha value is -2.33. The second-order valence-electron chi connectivity index (χ2n) is 7.38. The Morgan fingerprint density at radius 2 is 1.88 bits per heavy atom. The fourth-order valence-corrected chi connectivity index (χ4v) is 3.55. The van der Waals surface area contributed by atoms with E-state index in [2.05, 4.69) is 41.4 Å². The summed E-state index contributed by atoms with van der Waals surface area (Å²) in [5, 5.41) is 12.7. The first-order chi connectivity index (χ1) is 12.6. The predicted octanol–water partition coefficient (Wildman–Crippen LogP) is 3.48. The number of nitrogens with zero attached hydrogens (tertiary/aromatic N) is 1. The van der Waals surface area contributed by atoms with Crippen LogP contribution in [0.15, 0.2) is 48.5 Å². The standard InChI is InChI=1S/C22H28N2O2/c1-17-5-4-12-24(15-17)16-19-10-8-18(9-11-19)14-23-22(26)13-20-6-2-3-7-21(20)25/h2-3,6-11,17,25H,4-5,12-16H2,1H3,(H,23,26). The van der Waals surface area contributed by atoms with Crippen molar-refractivity contribution in [2.24, 2.45) is 5.92 Å². The topological polar surface area (TPSA) is 52.6 Å². The number of piperidine rings is 1. The number of phenols is 1. The molecule has 26 heavy (non-hydrogen) atoms. The van der Waals surface area contributed by atoms with Crippen LogP contribution in [0.25, 0.3) is 0 Å². The summed E-state index contributed by atoms with van der Waals surface area (Å²) >= 11 is 0. The molecule has 1 atom stereocenters. The van der Waals surface area contributed by atoms with Gasteiger partial charge in [0.1, 0.15) is 5.75 Å². The maximum absolute atomic E-state index is 12.1. The second-order valence-corrected chi connectivity index (χ2v) is 7.38. The number of carbonyl (C=O) groups is 1. The van der Waals surface area contributed by atoms with Gasteiger partial charge in [0.25, 0.3) is 0 Å². The van der Waals surface area contributed by atoms with Crippen LogP contribution in [-0.2, 0) is 24.3 Å². The van der Waals surface area contributed by atoms with Crippen molar-refractivity contribution >= 4 is 5.91 Å². The van der Waals surface area contributed by atoms with Gasteiger partial charge >= 0.3 is 0 Å². The van der Waals surface area contributed by atoms with E-state index in [9.17, 15) is 9.90 Å². The molecule has 0 spiro atoms. The predicted molar refractivity (Wildman–Crippen MR) is 104 cm³/mol. The minimum absolute atomic E-state index is 0.0853. The Morgan fingerprint density at radius 1 is 1.15 bits per heavy atom. The van der Waals surface area contributed by atoms with Crippen molar-refractivity contribution in [1.82, 2.24) is 10.2 Å². The van der Waals surface area contributed by atoms with Crippen molar-refractivity contribution < 1.29 is 9.90 Å². The highest BCUT2D eigenvalue weighted by Crippen LogP contribution is 2.18. The first-order valence-electron chi connectivity index (χ1n) is 9.44. The van der Waals surface area contributed by atoms with Gasteiger partial charge in [0.2, 0.25) is 5.91 Å². The van der Waals surface area contributed by atoms with E-state index in [1.165, 1.54) is 31.5 Å². The van der Waals surface area contributed by atoms with Crippen LogP contribution in [0.1, 0.15) is 36.5 Å². The van der Waals surface area contributed by atoms with Crippen LogP contribution in [0.3, 0.4) is 0 Å². The van der Waals surface area contributed by atoms with Gasteiger partial charge in [-0.25, -0.2) is 0 Å². The lowest BCUT2D eigenvalue weighted by Gasteiger charge is -2.30. The number of hydrogen-bond acceptors (Lipinski definition) is 3. The number of carbonyl (C=O) groups excluding carboxylic acids is 1. The normalized spacial score (nSPS) is 17.8. The van der Waals surface area contributed by atoms with E-state index in [-0.39, 0.29) is 18.1 Å². The number of likely N-dealkylation sites (tertiary alicyclic amines) is 1. The molecule has 0 aromatic heterocycles. The van der Waals surface area contributed by atoms with Gasteiger partial charge in [0.15, 0.2) is 0 Å². The Labute approximate surface area is 155 Å². The summed E-state index contributed by atoms with van der Waals surface area (Å²) in [5.74, 6) is 0.874. The smallest absolute Gasteiger partial charge is 0.224 e. The van der Waals surface area contributed by atoms with Crippen molar-refractivity contribution in [3.63, 3.8) is 0 Å². The minimum atomic E-state index is -0.0853. The lowest BCUT2D eigenvalue weighted by molar-refractivity contribution is -0.120. The molecular weight excluding hydrogens is 324 g/mol. The van der Waals surface area contributed by atoms with Crippen LogP contribution < -0.4 is 5.32 Å². The number of para-hydroxylation sites is 1. The number of rotatable bonds is 6. The third kappa shape index (κ3) is 5.33. The van der Waals surface area contributed by atoms with Gasteiger partial charge in [-0.05, 0) is 42.5 Å². The van der Waals surface area contributed by atoms with Gasteiger partial charge < -0.3 is 10.4 Å². The number of hydrogen-bond donors (Lipinski definition) is 2. The average Bonchev–Trinajstić information content (AvgIpc) is 2.63. The third-order valence-electron chi connectivity index (χ3n) is 5.00. The molecule has 0 aliphatic carbocycles. The summed E-state index contributed by atoms with van der Waals surface area (Å²) in [6.45, 7) is 6.21. The number of phenolic OH excluding ortho intramolecular Hbond substituents is 1. The molecule has 1 heterocycles. The first-order valence-corrected chi connectivity index (χ1v) is 9.44. The molecule has 0 radical (unpaired) electrons. The molecule has 0 bridgehead atoms. The van der Waals surface area contributed by atoms with E-state index in [1.807, 2.05) is 6.07 Å². The van der Waals surface area contributed by atoms with Crippen molar-refractivity contribution in [3.8, 4) is 5.75 Å². The van der Waals surface area contributed by atoms with Crippen LogP contribution in [0.2, 0.25) is 0 Å². The largest absolute Gasteiger partial charge is 0.508 e. The maximum atomic E-state index is 12.1. The number of aromatic hydroxyl groups is 1. The number of benzene rings is 2. The van der Waals surface area contributed by atoms with E-state index in [1.54, 1.807) is 18.2 Å². The Bertz CT molecular complexity index is 727. The lowest BCUT2D eigenvalue weighted by atomic mass is 9.99. The zero-order valence-corrected chi connectivity index (χ0v) is 15.4. The van der Waals surface area contributed by atoms with Gasteiger partial charge in [-0.1, -0.05) is 49.4 Å². The second kappa shape index (κ2) is 8.86. The van der Waals surface area contributed by atoms with E-state index in [0.717, 1.165) is 18.0 Å². The van der Waals surface area contributed by atoms with Crippen molar-refractivity contribution in [2.75, 3.05) is 13.1 Å². The summed E-state index contributed by atoms with van der Waals surface area (Å²) in [6, 6.07) is 15.4. The monoisotopic (exact) mass is 352 g/mol. The minimum Gasteiger partial charge on any atom is -0.508 e. The van der Waals surface area contributed by atoms with Crippen LogP contribution in [0.4, 0.5) is 0 Å². The molecule has 1 amide bonds. The fraction of sp³-hybridized carbons (Fsp3) is 0.409. The van der Waals surface area contributed by atoms with Crippen molar-refractivity contribution in [3.05, 3.63) is 65.2 Å². The summed E-state index contributed by atoms with van der Waals surface area (Å²) in [4.78, 5) is 14.6. The van der Waals surface area contributed by atoms with E-state index < -0.39 is 0 Å².